The van der Waals surface area contributed by atoms with Gasteiger partial charge < -0.3 is 21.7 Å². The molecule has 24 heteroatoms. The molecule has 6 rings (SSSR count). The molecule has 4 aromatic rings. The minimum atomic E-state index is -4.94. The largest absolute Gasteiger partial charge is 0.307 e. The summed E-state index contributed by atoms with van der Waals surface area (Å²) in [5.41, 5.74) is 8.58. The molecule has 20 nitrogen and oxygen atoms in total. The summed E-state index contributed by atoms with van der Waals surface area (Å²) in [6, 6.07) is 12.3. The van der Waals surface area contributed by atoms with Crippen molar-refractivity contribution in [2.75, 3.05) is 10.9 Å². The summed E-state index contributed by atoms with van der Waals surface area (Å²) in [7, 11) is -19.4. The lowest BCUT2D eigenvalue weighted by Gasteiger charge is -2.16. The number of Topliss-reactive ketones (excluding diaryl/α,β-unsaturated/α-hetero) is 2. The standard InChI is InChI=1S/C34H26N6O14S4/c41-33-21(13-29(57(49,50)51)25-3-1-11-35-31(25)33)17-37-39-23-9-7-19(27(15-23)55(43,44)45)5-6-20-8-10-24(16-28(20)56(46,47)48)40-38-18-22-14-30(58(52,53)54)26-4-2-12-36-32(26)34(22)42/h1-18,37-40H,(H,43,44,45)(H,46,47,48)(H,49,50,51)(H,52,53,54). The molecule has 0 amide bonds. The summed E-state index contributed by atoms with van der Waals surface area (Å²) in [4.78, 5) is 31.1. The van der Waals surface area contributed by atoms with Crippen molar-refractivity contribution in [1.82, 2.24) is 20.8 Å². The molecular weight excluding hydrogens is 845 g/mol. The molecule has 58 heavy (non-hydrogen) atoms. The van der Waals surface area contributed by atoms with Crippen LogP contribution in [0.4, 0.5) is 11.4 Å². The SMILES string of the molecule is O=C1C(=CNNc2ccc(C=Cc3ccc(NNC=C4C=C(S(=O)(=O)O)c5cccnc5C4=O)cc3S(=O)(=O)O)c(S(=O)(=O)O)c2)C=C(S(=O)(=O)O)c2cccnc21. The van der Waals surface area contributed by atoms with Crippen LogP contribution in [0.1, 0.15) is 43.2 Å². The van der Waals surface area contributed by atoms with Crippen LogP contribution in [0.3, 0.4) is 0 Å². The Morgan fingerprint density at radius 3 is 1.24 bits per heavy atom. The van der Waals surface area contributed by atoms with Gasteiger partial charge in [0, 0.05) is 47.1 Å². The Hall–Kier alpha value is -6.38. The molecule has 0 spiro atoms. The summed E-state index contributed by atoms with van der Waals surface area (Å²) in [5, 5.41) is 0. The van der Waals surface area contributed by atoms with Crippen molar-refractivity contribution in [3.05, 3.63) is 142 Å². The highest BCUT2D eigenvalue weighted by Crippen LogP contribution is 2.32. The second-order valence-electron chi connectivity index (χ2n) is 12.0. The Labute approximate surface area is 329 Å². The van der Waals surface area contributed by atoms with Crippen LogP contribution in [0.5, 0.6) is 0 Å². The number of nitrogens with zero attached hydrogens (tertiary/aromatic N) is 2. The Morgan fingerprint density at radius 2 is 0.897 bits per heavy atom. The fourth-order valence-electron chi connectivity index (χ4n) is 5.57. The lowest BCUT2D eigenvalue weighted by molar-refractivity contribution is 0.102. The third-order valence-corrected chi connectivity index (χ3v) is 11.7. The fraction of sp³-hybridized carbons (Fsp3) is 0. The quantitative estimate of drug-likeness (QED) is 0.0439. The van der Waals surface area contributed by atoms with E-state index in [1.54, 1.807) is 0 Å². The highest BCUT2D eigenvalue weighted by Gasteiger charge is 2.31. The zero-order chi connectivity index (χ0) is 42.2. The van der Waals surface area contributed by atoms with Crippen molar-refractivity contribution < 1.29 is 61.5 Å². The van der Waals surface area contributed by atoms with Gasteiger partial charge in [-0.25, -0.2) is 0 Å². The Bertz CT molecular complexity index is 2840. The van der Waals surface area contributed by atoms with Crippen LogP contribution in [-0.4, -0.2) is 73.4 Å². The van der Waals surface area contributed by atoms with Gasteiger partial charge in [-0.1, -0.05) is 24.3 Å². The number of hydrogen-bond donors (Lipinski definition) is 8. The van der Waals surface area contributed by atoms with Gasteiger partial charge in [-0.15, -0.1) is 0 Å². The van der Waals surface area contributed by atoms with E-state index in [9.17, 15) is 61.5 Å². The lowest BCUT2D eigenvalue weighted by Crippen LogP contribution is -2.21. The molecular formula is C34H26N6O14S4. The topological polar surface area (TPSA) is 326 Å². The van der Waals surface area contributed by atoms with E-state index in [1.807, 2.05) is 0 Å². The highest BCUT2D eigenvalue weighted by atomic mass is 32.2. The number of nitrogens with one attached hydrogen (secondary N) is 4. The maximum atomic E-state index is 12.9. The molecule has 0 fully saturated rings. The van der Waals surface area contributed by atoms with Gasteiger partial charge >= 0.3 is 0 Å². The lowest BCUT2D eigenvalue weighted by atomic mass is 9.97. The van der Waals surface area contributed by atoms with Gasteiger partial charge in [-0.3, -0.25) is 37.8 Å². The van der Waals surface area contributed by atoms with Crippen LogP contribution in [0, 0.1) is 0 Å². The van der Waals surface area contributed by atoms with Gasteiger partial charge in [-0.05, 0) is 71.8 Å². The summed E-state index contributed by atoms with van der Waals surface area (Å²) < 4.78 is 137. The van der Waals surface area contributed by atoms with Gasteiger partial charge in [0.2, 0.25) is 11.6 Å². The van der Waals surface area contributed by atoms with Crippen LogP contribution in [0.15, 0.2) is 119 Å². The number of pyridine rings is 2. The number of carbonyl (C=O) groups excluding carboxylic acids is 2. The van der Waals surface area contributed by atoms with E-state index >= 15 is 0 Å². The second-order valence-corrected chi connectivity index (χ2v) is 17.5. The number of aromatic nitrogens is 2. The van der Waals surface area contributed by atoms with Crippen LogP contribution in [0.25, 0.3) is 22.0 Å². The second kappa shape index (κ2) is 15.5. The molecule has 0 aliphatic heterocycles. The van der Waals surface area contributed by atoms with Crippen molar-refractivity contribution in [1.29, 1.82) is 0 Å². The first kappa shape index (κ1) is 41.3. The molecule has 2 aliphatic carbocycles. The van der Waals surface area contributed by atoms with Crippen molar-refractivity contribution in [3.63, 3.8) is 0 Å². The molecule has 2 aromatic heterocycles. The van der Waals surface area contributed by atoms with Crippen LogP contribution in [0.2, 0.25) is 0 Å². The number of fused-ring (bicyclic) bond motifs is 2. The number of ketones is 2. The maximum Gasteiger partial charge on any atom is 0.295 e. The summed E-state index contributed by atoms with van der Waals surface area (Å²) in [5.74, 6) is -1.40. The molecule has 2 aromatic carbocycles. The average molecular weight is 871 g/mol. The predicted molar refractivity (Wildman–Crippen MR) is 207 cm³/mol. The van der Waals surface area contributed by atoms with Gasteiger partial charge in [-0.2, -0.15) is 33.7 Å². The van der Waals surface area contributed by atoms with Crippen molar-refractivity contribution in [2.45, 2.75) is 9.79 Å². The number of rotatable bonds is 12. The van der Waals surface area contributed by atoms with E-state index in [2.05, 4.69) is 31.7 Å². The van der Waals surface area contributed by atoms with Crippen molar-refractivity contribution in [3.8, 4) is 0 Å². The first-order chi connectivity index (χ1) is 27.1. The van der Waals surface area contributed by atoms with Gasteiger partial charge in [0.15, 0.2) is 0 Å². The minimum absolute atomic E-state index is 0.000917. The molecule has 0 unspecified atom stereocenters. The number of hydrogen-bond acceptors (Lipinski definition) is 16. The van der Waals surface area contributed by atoms with Gasteiger partial charge in [0.1, 0.15) is 31.0 Å². The van der Waals surface area contributed by atoms with Crippen molar-refractivity contribution >= 4 is 85.4 Å². The number of carbonyl (C=O) groups is 2. The molecule has 300 valence electrons. The van der Waals surface area contributed by atoms with E-state index < -0.39 is 71.6 Å². The van der Waals surface area contributed by atoms with E-state index in [0.717, 1.165) is 48.8 Å². The van der Waals surface area contributed by atoms with Gasteiger partial charge in [0.05, 0.1) is 11.4 Å². The molecule has 0 bridgehead atoms. The third-order valence-electron chi connectivity index (χ3n) is 8.14. The molecule has 0 saturated carbocycles. The fourth-order valence-corrected chi connectivity index (χ4v) is 8.43. The van der Waals surface area contributed by atoms with Gasteiger partial charge in [0.25, 0.3) is 40.5 Å². The highest BCUT2D eigenvalue weighted by molar-refractivity contribution is 7.95. The summed E-state index contributed by atoms with van der Waals surface area (Å²) in [6.07, 6.45) is 8.60. The molecule has 0 radical (unpaired) electrons. The maximum absolute atomic E-state index is 12.9. The molecule has 2 heterocycles. The van der Waals surface area contributed by atoms with Crippen LogP contribution in [-0.2, 0) is 40.5 Å². The monoisotopic (exact) mass is 870 g/mol. The first-order valence-electron chi connectivity index (χ1n) is 15.9. The Kier molecular flexibility index (Phi) is 11.0. The number of allylic oxidation sites excluding steroid dienone is 4. The predicted octanol–water partition coefficient (Wildman–Crippen LogP) is 2.99. The number of hydrazine groups is 2. The smallest absolute Gasteiger partial charge is 0.295 e. The summed E-state index contributed by atoms with van der Waals surface area (Å²) in [6.45, 7) is 0. The molecule has 0 saturated heterocycles. The Balaban J connectivity index is 1.22. The third kappa shape index (κ3) is 8.93. The first-order valence-corrected chi connectivity index (χ1v) is 21.6. The molecule has 2 aliphatic rings. The number of anilines is 2. The average Bonchev–Trinajstić information content (AvgIpc) is 3.14. The minimum Gasteiger partial charge on any atom is -0.307 e. The van der Waals surface area contributed by atoms with E-state index in [-0.39, 0.29) is 56.2 Å². The normalized spacial score (nSPS) is 16.1. The molecule has 8 N–H and O–H groups in total. The van der Waals surface area contributed by atoms with Crippen molar-refractivity contribution in [2.24, 2.45) is 0 Å². The zero-order valence-electron chi connectivity index (χ0n) is 28.8. The van der Waals surface area contributed by atoms with Crippen LogP contribution < -0.4 is 21.7 Å². The van der Waals surface area contributed by atoms with E-state index in [0.29, 0.717) is 0 Å². The molecule has 0 atom stereocenters. The van der Waals surface area contributed by atoms with E-state index in [4.69, 9.17) is 0 Å². The van der Waals surface area contributed by atoms with Crippen LogP contribution >= 0.6 is 0 Å². The zero-order valence-corrected chi connectivity index (χ0v) is 32.1. The number of benzene rings is 2. The summed E-state index contributed by atoms with van der Waals surface area (Å²) >= 11 is 0. The Morgan fingerprint density at radius 1 is 0.517 bits per heavy atom. The van der Waals surface area contributed by atoms with E-state index in [1.165, 1.54) is 60.9 Å².